The summed E-state index contributed by atoms with van der Waals surface area (Å²) in [5.74, 6) is -0.326. The highest BCUT2D eigenvalue weighted by atomic mass is 32.2. The Hall–Kier alpha value is -2.02. The van der Waals surface area contributed by atoms with E-state index in [0.29, 0.717) is 11.4 Å². The van der Waals surface area contributed by atoms with Gasteiger partial charge < -0.3 is 15.0 Å². The summed E-state index contributed by atoms with van der Waals surface area (Å²) < 4.78 is 4.55. The molecule has 118 valence electrons. The molecule has 1 heterocycles. The standard InChI is InChI=1S/C15H18N2O4S/c1-10-7-13(18)16-11-5-3-4-6-12(11)17(10)14(19)8-22-9-15(20)21-2/h3-6,10H,7-9H2,1-2H3,(H,16,18)/t10-/m0/s1. The third-order valence-corrected chi connectivity index (χ3v) is 4.19. The first-order chi connectivity index (χ1) is 10.5. The average molecular weight is 322 g/mol. The maximum absolute atomic E-state index is 12.5. The van der Waals surface area contributed by atoms with Gasteiger partial charge in [-0.05, 0) is 19.1 Å². The highest BCUT2D eigenvalue weighted by Gasteiger charge is 2.29. The molecule has 0 saturated carbocycles. The zero-order valence-electron chi connectivity index (χ0n) is 12.5. The van der Waals surface area contributed by atoms with Crippen molar-refractivity contribution in [2.45, 2.75) is 19.4 Å². The molecule has 1 atom stereocenters. The summed E-state index contributed by atoms with van der Waals surface area (Å²) in [6.45, 7) is 1.84. The van der Waals surface area contributed by atoms with E-state index in [4.69, 9.17) is 0 Å². The molecule has 1 aliphatic heterocycles. The number of carbonyl (C=O) groups is 3. The molecule has 1 aromatic rings. The van der Waals surface area contributed by atoms with E-state index < -0.39 is 0 Å². The maximum Gasteiger partial charge on any atom is 0.315 e. The van der Waals surface area contributed by atoms with Gasteiger partial charge in [-0.15, -0.1) is 11.8 Å². The van der Waals surface area contributed by atoms with Gasteiger partial charge in [0.05, 0.1) is 30.0 Å². The first-order valence-electron chi connectivity index (χ1n) is 6.88. The number of nitrogens with zero attached hydrogens (tertiary/aromatic N) is 1. The van der Waals surface area contributed by atoms with Crippen LogP contribution in [0.3, 0.4) is 0 Å². The molecule has 6 nitrogen and oxygen atoms in total. The summed E-state index contributed by atoms with van der Waals surface area (Å²) in [5, 5.41) is 2.81. The van der Waals surface area contributed by atoms with Crippen LogP contribution in [-0.2, 0) is 19.1 Å². The molecule has 0 unspecified atom stereocenters. The van der Waals surface area contributed by atoms with Gasteiger partial charge in [-0.2, -0.15) is 0 Å². The van der Waals surface area contributed by atoms with Crippen LogP contribution < -0.4 is 10.2 Å². The number of hydrogen-bond donors (Lipinski definition) is 1. The number of fused-ring (bicyclic) bond motifs is 1. The minimum atomic E-state index is -0.362. The fraction of sp³-hybridized carbons (Fsp3) is 0.400. The van der Waals surface area contributed by atoms with Gasteiger partial charge in [0.1, 0.15) is 0 Å². The summed E-state index contributed by atoms with van der Waals surface area (Å²) in [6, 6.07) is 6.97. The molecule has 0 spiro atoms. The number of nitrogens with one attached hydrogen (secondary N) is 1. The highest BCUT2D eigenvalue weighted by molar-refractivity contribution is 8.00. The lowest BCUT2D eigenvalue weighted by atomic mass is 10.2. The van der Waals surface area contributed by atoms with E-state index in [1.54, 1.807) is 17.0 Å². The molecule has 1 aliphatic rings. The Morgan fingerprint density at radius 1 is 1.36 bits per heavy atom. The van der Waals surface area contributed by atoms with Gasteiger partial charge in [0.15, 0.2) is 0 Å². The van der Waals surface area contributed by atoms with Crippen LogP contribution in [0.5, 0.6) is 0 Å². The Balaban J connectivity index is 2.15. The molecule has 22 heavy (non-hydrogen) atoms. The Bertz CT molecular complexity index is 591. The number of hydrogen-bond acceptors (Lipinski definition) is 5. The van der Waals surface area contributed by atoms with E-state index in [2.05, 4.69) is 10.1 Å². The Morgan fingerprint density at radius 3 is 2.82 bits per heavy atom. The van der Waals surface area contributed by atoms with Crippen LogP contribution in [0.1, 0.15) is 13.3 Å². The van der Waals surface area contributed by atoms with Crippen molar-refractivity contribution in [1.82, 2.24) is 0 Å². The summed E-state index contributed by atoms with van der Waals surface area (Å²) >= 11 is 1.20. The number of thioether (sulfide) groups is 1. The number of rotatable bonds is 4. The van der Waals surface area contributed by atoms with Crippen LogP contribution in [0, 0.1) is 0 Å². The van der Waals surface area contributed by atoms with Crippen LogP contribution in [0.25, 0.3) is 0 Å². The van der Waals surface area contributed by atoms with E-state index in [0.717, 1.165) is 0 Å². The number of methoxy groups -OCH3 is 1. The van der Waals surface area contributed by atoms with Crippen LogP contribution in [-0.4, -0.2) is 42.4 Å². The molecule has 0 radical (unpaired) electrons. The second kappa shape index (κ2) is 7.31. The number of anilines is 2. The molecular weight excluding hydrogens is 304 g/mol. The molecule has 1 N–H and O–H groups in total. The van der Waals surface area contributed by atoms with Crippen LogP contribution >= 0.6 is 11.8 Å². The summed E-state index contributed by atoms with van der Waals surface area (Å²) in [6.07, 6.45) is 0.238. The van der Waals surface area contributed by atoms with Gasteiger partial charge in [-0.3, -0.25) is 14.4 Å². The number of ether oxygens (including phenoxy) is 1. The number of carbonyl (C=O) groups excluding carboxylic acids is 3. The van der Waals surface area contributed by atoms with Gasteiger partial charge in [0, 0.05) is 12.5 Å². The monoisotopic (exact) mass is 322 g/mol. The van der Waals surface area contributed by atoms with Crippen molar-refractivity contribution in [2.24, 2.45) is 0 Å². The lowest BCUT2D eigenvalue weighted by Gasteiger charge is -2.27. The lowest BCUT2D eigenvalue weighted by molar-refractivity contribution is -0.137. The van der Waals surface area contributed by atoms with Gasteiger partial charge in [0.2, 0.25) is 11.8 Å². The fourth-order valence-electron chi connectivity index (χ4n) is 2.32. The molecule has 2 amide bonds. The molecule has 0 saturated heterocycles. The normalized spacial score (nSPS) is 17.3. The van der Waals surface area contributed by atoms with Gasteiger partial charge in [0.25, 0.3) is 0 Å². The number of esters is 1. The van der Waals surface area contributed by atoms with E-state index in [9.17, 15) is 14.4 Å². The predicted molar refractivity (Wildman–Crippen MR) is 86.0 cm³/mol. The van der Waals surface area contributed by atoms with Crippen molar-refractivity contribution < 1.29 is 19.1 Å². The van der Waals surface area contributed by atoms with E-state index >= 15 is 0 Å². The van der Waals surface area contributed by atoms with Crippen molar-refractivity contribution in [3.05, 3.63) is 24.3 Å². The third kappa shape index (κ3) is 3.79. The fourth-order valence-corrected chi connectivity index (χ4v) is 3.02. The molecule has 7 heteroatoms. The number of amides is 2. The minimum Gasteiger partial charge on any atom is -0.468 e. The second-order valence-electron chi connectivity index (χ2n) is 4.95. The summed E-state index contributed by atoms with van der Waals surface area (Å²) in [7, 11) is 1.31. The SMILES string of the molecule is COC(=O)CSCC(=O)N1c2ccccc2NC(=O)C[C@@H]1C. The van der Waals surface area contributed by atoms with Crippen LogP contribution in [0.4, 0.5) is 11.4 Å². The van der Waals surface area contributed by atoms with Crippen molar-refractivity contribution in [3.8, 4) is 0 Å². The smallest absolute Gasteiger partial charge is 0.315 e. The van der Waals surface area contributed by atoms with Crippen molar-refractivity contribution >= 4 is 40.9 Å². The molecular formula is C15H18N2O4S. The Kier molecular flexibility index (Phi) is 5.43. The van der Waals surface area contributed by atoms with E-state index in [1.165, 1.54) is 18.9 Å². The third-order valence-electron chi connectivity index (χ3n) is 3.30. The number of para-hydroxylation sites is 2. The quantitative estimate of drug-likeness (QED) is 0.853. The van der Waals surface area contributed by atoms with E-state index in [-0.39, 0.29) is 41.8 Å². The van der Waals surface area contributed by atoms with Crippen molar-refractivity contribution in [1.29, 1.82) is 0 Å². The van der Waals surface area contributed by atoms with Crippen molar-refractivity contribution in [3.63, 3.8) is 0 Å². The Labute approximate surface area is 133 Å². The topological polar surface area (TPSA) is 75.7 Å². The minimum absolute atomic E-state index is 0.113. The zero-order chi connectivity index (χ0) is 16.1. The summed E-state index contributed by atoms with van der Waals surface area (Å²) in [4.78, 5) is 37.1. The van der Waals surface area contributed by atoms with Crippen LogP contribution in [0.2, 0.25) is 0 Å². The van der Waals surface area contributed by atoms with E-state index in [1.807, 2.05) is 19.1 Å². The molecule has 0 fully saturated rings. The molecule has 0 aliphatic carbocycles. The summed E-state index contributed by atoms with van der Waals surface area (Å²) in [5.41, 5.74) is 1.31. The van der Waals surface area contributed by atoms with Gasteiger partial charge in [-0.1, -0.05) is 12.1 Å². The lowest BCUT2D eigenvalue weighted by Crippen LogP contribution is -2.40. The second-order valence-corrected chi connectivity index (χ2v) is 5.94. The first kappa shape index (κ1) is 16.4. The highest BCUT2D eigenvalue weighted by Crippen LogP contribution is 2.31. The number of benzene rings is 1. The Morgan fingerprint density at radius 2 is 2.09 bits per heavy atom. The van der Waals surface area contributed by atoms with Gasteiger partial charge >= 0.3 is 5.97 Å². The molecule has 2 rings (SSSR count). The van der Waals surface area contributed by atoms with Gasteiger partial charge in [-0.25, -0.2) is 0 Å². The largest absolute Gasteiger partial charge is 0.468 e. The first-order valence-corrected chi connectivity index (χ1v) is 8.04. The predicted octanol–water partition coefficient (Wildman–Crippen LogP) is 1.66. The average Bonchev–Trinajstić information content (AvgIpc) is 2.61. The zero-order valence-corrected chi connectivity index (χ0v) is 13.3. The van der Waals surface area contributed by atoms with Crippen molar-refractivity contribution in [2.75, 3.05) is 28.8 Å². The molecule has 0 aromatic heterocycles. The maximum atomic E-state index is 12.5. The molecule has 0 bridgehead atoms. The van der Waals surface area contributed by atoms with Crippen LogP contribution in [0.15, 0.2) is 24.3 Å². The molecule has 1 aromatic carbocycles.